The smallest absolute Gasteiger partial charge is 0.255 e. The van der Waals surface area contributed by atoms with Crippen molar-refractivity contribution in [3.8, 4) is 6.07 Å². The summed E-state index contributed by atoms with van der Waals surface area (Å²) in [5.74, 6) is 0.632. The third kappa shape index (κ3) is 4.83. The summed E-state index contributed by atoms with van der Waals surface area (Å²) in [6.45, 7) is 4.62. The molecule has 2 aromatic carbocycles. The highest BCUT2D eigenvalue weighted by Crippen LogP contribution is 2.18. The van der Waals surface area contributed by atoms with Crippen LogP contribution in [0.1, 0.15) is 21.5 Å². The second-order valence-electron chi connectivity index (χ2n) is 7.29. The molecule has 0 bridgehead atoms. The first-order valence-electron chi connectivity index (χ1n) is 10.00. The number of nitriles is 1. The number of aromatic nitrogens is 1. The van der Waals surface area contributed by atoms with Gasteiger partial charge in [0.05, 0.1) is 11.6 Å². The van der Waals surface area contributed by atoms with E-state index >= 15 is 0 Å². The Labute approximate surface area is 176 Å². The number of piperazine rings is 1. The number of hydrogen-bond acceptors (Lipinski definition) is 5. The quantitative estimate of drug-likeness (QED) is 0.713. The number of benzene rings is 2. The Bertz CT molecular complexity index is 1040. The van der Waals surface area contributed by atoms with Gasteiger partial charge < -0.3 is 10.2 Å². The minimum Gasteiger partial charge on any atom is -0.354 e. The molecule has 6 nitrogen and oxygen atoms in total. The van der Waals surface area contributed by atoms with Crippen LogP contribution < -0.4 is 10.2 Å². The van der Waals surface area contributed by atoms with E-state index in [4.69, 9.17) is 5.26 Å². The van der Waals surface area contributed by atoms with Crippen molar-refractivity contribution in [3.63, 3.8) is 0 Å². The Morgan fingerprint density at radius 3 is 2.43 bits per heavy atom. The zero-order valence-electron chi connectivity index (χ0n) is 16.7. The first-order valence-corrected chi connectivity index (χ1v) is 10.00. The van der Waals surface area contributed by atoms with Crippen molar-refractivity contribution in [3.05, 3.63) is 89.6 Å². The second-order valence-corrected chi connectivity index (χ2v) is 7.29. The minimum atomic E-state index is -0.189. The average molecular weight is 397 g/mol. The molecule has 30 heavy (non-hydrogen) atoms. The van der Waals surface area contributed by atoms with Crippen molar-refractivity contribution in [2.45, 2.75) is 6.54 Å². The van der Waals surface area contributed by atoms with Crippen LogP contribution in [0.2, 0.25) is 0 Å². The van der Waals surface area contributed by atoms with Crippen LogP contribution in [0.3, 0.4) is 0 Å². The van der Waals surface area contributed by atoms with E-state index in [1.165, 1.54) is 5.56 Å². The van der Waals surface area contributed by atoms with Crippen LogP contribution in [0.15, 0.2) is 72.9 Å². The van der Waals surface area contributed by atoms with E-state index in [0.717, 1.165) is 38.5 Å². The van der Waals surface area contributed by atoms with Gasteiger partial charge in [0.1, 0.15) is 5.82 Å². The Balaban J connectivity index is 1.36. The van der Waals surface area contributed by atoms with Gasteiger partial charge in [-0.25, -0.2) is 4.98 Å². The Morgan fingerprint density at radius 2 is 1.73 bits per heavy atom. The molecule has 1 aliphatic heterocycles. The van der Waals surface area contributed by atoms with Crippen molar-refractivity contribution in [1.29, 1.82) is 5.26 Å². The fourth-order valence-corrected chi connectivity index (χ4v) is 3.54. The number of carbonyl (C=O) groups excluding carboxylic acids is 1. The maximum absolute atomic E-state index is 12.6. The van der Waals surface area contributed by atoms with Crippen LogP contribution in [-0.2, 0) is 6.54 Å². The summed E-state index contributed by atoms with van der Waals surface area (Å²) in [5, 5.41) is 11.8. The molecular formula is C24H23N5O. The van der Waals surface area contributed by atoms with Gasteiger partial charge in [0.25, 0.3) is 5.91 Å². The molecule has 150 valence electrons. The van der Waals surface area contributed by atoms with Crippen LogP contribution in [0.4, 0.5) is 11.5 Å². The Morgan fingerprint density at radius 1 is 1.00 bits per heavy atom. The fourth-order valence-electron chi connectivity index (χ4n) is 3.54. The minimum absolute atomic E-state index is 0.189. The number of pyridine rings is 1. The molecule has 4 rings (SSSR count). The van der Waals surface area contributed by atoms with Gasteiger partial charge in [-0.1, -0.05) is 30.3 Å². The lowest BCUT2D eigenvalue weighted by Gasteiger charge is -2.35. The number of nitrogens with zero attached hydrogens (tertiary/aromatic N) is 4. The summed E-state index contributed by atoms with van der Waals surface area (Å²) in [6.07, 6.45) is 1.68. The summed E-state index contributed by atoms with van der Waals surface area (Å²) >= 11 is 0. The number of nitrogens with one attached hydrogen (secondary N) is 1. The van der Waals surface area contributed by atoms with E-state index < -0.39 is 0 Å². The molecule has 2 heterocycles. The summed E-state index contributed by atoms with van der Waals surface area (Å²) < 4.78 is 0. The van der Waals surface area contributed by atoms with Gasteiger partial charge in [-0.2, -0.15) is 5.26 Å². The molecule has 0 atom stereocenters. The topological polar surface area (TPSA) is 72.3 Å². The van der Waals surface area contributed by atoms with Crippen LogP contribution in [0, 0.1) is 11.3 Å². The van der Waals surface area contributed by atoms with Crippen molar-refractivity contribution in [2.75, 3.05) is 36.4 Å². The molecule has 0 aliphatic carbocycles. The first kappa shape index (κ1) is 19.6. The molecule has 0 unspecified atom stereocenters. The number of amides is 1. The molecule has 0 spiro atoms. The van der Waals surface area contributed by atoms with Gasteiger partial charge in [-0.3, -0.25) is 9.69 Å². The van der Waals surface area contributed by atoms with E-state index in [9.17, 15) is 4.79 Å². The molecule has 1 amide bonds. The summed E-state index contributed by atoms with van der Waals surface area (Å²) in [6, 6.07) is 22.9. The molecule has 3 aromatic rings. The highest BCUT2D eigenvalue weighted by Gasteiger charge is 2.19. The van der Waals surface area contributed by atoms with Crippen molar-refractivity contribution < 1.29 is 4.79 Å². The van der Waals surface area contributed by atoms with Crippen LogP contribution in [0.5, 0.6) is 0 Å². The van der Waals surface area contributed by atoms with Gasteiger partial charge in [-0.15, -0.1) is 0 Å². The zero-order valence-corrected chi connectivity index (χ0v) is 16.7. The van der Waals surface area contributed by atoms with Crippen molar-refractivity contribution >= 4 is 17.4 Å². The second kappa shape index (κ2) is 9.21. The normalized spacial score (nSPS) is 14.2. The molecular weight excluding hydrogens is 374 g/mol. The molecule has 1 fully saturated rings. The average Bonchev–Trinajstić information content (AvgIpc) is 2.81. The first-order chi connectivity index (χ1) is 14.7. The zero-order chi connectivity index (χ0) is 20.8. The third-order valence-corrected chi connectivity index (χ3v) is 5.22. The SMILES string of the molecule is N#Cc1ccc(NC(=O)c2ccnc(N3CCN(Cc4ccccc4)CC3)c2)cc1. The van der Waals surface area contributed by atoms with E-state index in [1.54, 1.807) is 36.5 Å². The highest BCUT2D eigenvalue weighted by molar-refractivity contribution is 6.04. The maximum Gasteiger partial charge on any atom is 0.255 e. The van der Waals surface area contributed by atoms with E-state index in [2.05, 4.69) is 50.4 Å². The molecule has 1 saturated heterocycles. The fraction of sp³-hybridized carbons (Fsp3) is 0.208. The highest BCUT2D eigenvalue weighted by atomic mass is 16.1. The maximum atomic E-state index is 12.6. The third-order valence-electron chi connectivity index (χ3n) is 5.22. The molecule has 0 radical (unpaired) electrons. The molecule has 1 aliphatic rings. The number of rotatable bonds is 5. The molecule has 1 N–H and O–H groups in total. The lowest BCUT2D eigenvalue weighted by molar-refractivity contribution is 0.102. The van der Waals surface area contributed by atoms with Crippen molar-refractivity contribution in [1.82, 2.24) is 9.88 Å². The number of carbonyl (C=O) groups is 1. The molecule has 1 aromatic heterocycles. The van der Waals surface area contributed by atoms with Crippen LogP contribution in [-0.4, -0.2) is 42.0 Å². The molecule has 6 heteroatoms. The Hall–Kier alpha value is -3.69. The predicted octanol–water partition coefficient (Wildman–Crippen LogP) is 3.53. The van der Waals surface area contributed by atoms with Gasteiger partial charge in [-0.05, 0) is 42.0 Å². The summed E-state index contributed by atoms with van der Waals surface area (Å²) in [5.41, 5.74) is 3.11. The largest absolute Gasteiger partial charge is 0.354 e. The van der Waals surface area contributed by atoms with Crippen LogP contribution >= 0.6 is 0 Å². The van der Waals surface area contributed by atoms with E-state index in [1.807, 2.05) is 12.1 Å². The van der Waals surface area contributed by atoms with E-state index in [0.29, 0.717) is 16.8 Å². The van der Waals surface area contributed by atoms with Gasteiger partial charge in [0, 0.05) is 50.2 Å². The predicted molar refractivity (Wildman–Crippen MR) is 117 cm³/mol. The van der Waals surface area contributed by atoms with Crippen LogP contribution in [0.25, 0.3) is 0 Å². The lowest BCUT2D eigenvalue weighted by Crippen LogP contribution is -2.46. The monoisotopic (exact) mass is 397 g/mol. The lowest BCUT2D eigenvalue weighted by atomic mass is 10.2. The summed E-state index contributed by atoms with van der Waals surface area (Å²) in [7, 11) is 0. The van der Waals surface area contributed by atoms with Gasteiger partial charge in [0.2, 0.25) is 0 Å². The van der Waals surface area contributed by atoms with Gasteiger partial charge >= 0.3 is 0 Å². The number of anilines is 2. The van der Waals surface area contributed by atoms with E-state index in [-0.39, 0.29) is 5.91 Å². The van der Waals surface area contributed by atoms with Crippen molar-refractivity contribution in [2.24, 2.45) is 0 Å². The van der Waals surface area contributed by atoms with Gasteiger partial charge in [0.15, 0.2) is 0 Å². The summed E-state index contributed by atoms with van der Waals surface area (Å²) in [4.78, 5) is 21.8. The molecule has 0 saturated carbocycles. The Kier molecular flexibility index (Phi) is 6.02. The number of hydrogen-bond donors (Lipinski definition) is 1. The standard InChI is InChI=1S/C24H23N5O/c25-17-19-6-8-22(9-7-19)27-24(30)21-10-11-26-23(16-21)29-14-12-28(13-15-29)18-20-4-2-1-3-5-20/h1-11,16H,12-15,18H2,(H,27,30).